The molecule has 0 saturated carbocycles. The number of hydrogen-bond donors (Lipinski definition) is 8. The number of aldehydes is 1. The molecule has 0 saturated heterocycles. The molecule has 0 bridgehead atoms. The molecule has 23 heavy (non-hydrogen) atoms. The highest BCUT2D eigenvalue weighted by Crippen LogP contribution is 2.10. The van der Waals surface area contributed by atoms with Gasteiger partial charge in [0.25, 0.3) is 0 Å². The van der Waals surface area contributed by atoms with Crippen LogP contribution >= 0.6 is 0 Å². The zero-order valence-corrected chi connectivity index (χ0v) is 12.6. The molecule has 5 atom stereocenters. The maximum absolute atomic E-state index is 11.9. The van der Waals surface area contributed by atoms with Gasteiger partial charge in [-0.15, -0.1) is 0 Å². The highest BCUT2D eigenvalue weighted by atomic mass is 16.6. The van der Waals surface area contributed by atoms with Gasteiger partial charge < -0.3 is 47.4 Å². The Kier molecular flexibility index (Phi) is 10.0. The van der Waals surface area contributed by atoms with Crippen molar-refractivity contribution >= 4 is 18.2 Å². The summed E-state index contributed by atoms with van der Waals surface area (Å²) in [6.45, 7) is -0.469. The molecule has 11 nitrogen and oxygen atoms in total. The van der Waals surface area contributed by atoms with Crippen molar-refractivity contribution in [2.45, 2.75) is 43.2 Å². The Hall–Kier alpha value is -1.79. The summed E-state index contributed by atoms with van der Waals surface area (Å²) in [5.41, 5.74) is 16.1. The van der Waals surface area contributed by atoms with E-state index in [-0.39, 0.29) is 18.7 Å². The van der Waals surface area contributed by atoms with Gasteiger partial charge in [0.2, 0.25) is 0 Å². The van der Waals surface area contributed by atoms with E-state index in [1.807, 2.05) is 0 Å². The lowest BCUT2D eigenvalue weighted by Gasteiger charge is -2.28. The number of carbonyl (C=O) groups is 2. The van der Waals surface area contributed by atoms with E-state index in [1.165, 1.54) is 0 Å². The molecule has 0 amide bonds. The molecular formula is C12H25N5O6. The summed E-state index contributed by atoms with van der Waals surface area (Å²) in [6.07, 6.45) is -4.05. The van der Waals surface area contributed by atoms with Crippen LogP contribution in [0.25, 0.3) is 0 Å². The lowest BCUT2D eigenvalue weighted by atomic mass is 10.0. The van der Waals surface area contributed by atoms with Crippen molar-refractivity contribution in [1.82, 2.24) is 5.32 Å². The molecule has 0 aliphatic carbocycles. The molecule has 0 aromatic carbocycles. The molecular weight excluding hydrogens is 310 g/mol. The third kappa shape index (κ3) is 7.85. The van der Waals surface area contributed by atoms with Crippen LogP contribution in [0.15, 0.2) is 0 Å². The minimum Gasteiger partial charge on any atom is -0.456 e. The molecule has 0 aromatic heterocycles. The van der Waals surface area contributed by atoms with E-state index < -0.39 is 43.0 Å². The van der Waals surface area contributed by atoms with Gasteiger partial charge in [-0.1, -0.05) is 0 Å². The highest BCUT2D eigenvalue weighted by Gasteiger charge is 2.35. The SMILES string of the molecule is N=C(N)NCCC[C@H](N)C(=O)O[C@@H]([C@H](O)[C@H](O)CO)[C@@H](N)C=O. The summed E-state index contributed by atoms with van der Waals surface area (Å²) < 4.78 is 4.90. The summed E-state index contributed by atoms with van der Waals surface area (Å²) in [6, 6.07) is -2.44. The average Bonchev–Trinajstić information content (AvgIpc) is 2.53. The van der Waals surface area contributed by atoms with Crippen molar-refractivity contribution in [2.75, 3.05) is 13.2 Å². The molecule has 134 valence electrons. The number of aliphatic hydroxyl groups excluding tert-OH is 3. The molecule has 0 aliphatic heterocycles. The van der Waals surface area contributed by atoms with Gasteiger partial charge in [0.15, 0.2) is 12.1 Å². The van der Waals surface area contributed by atoms with Crippen LogP contribution in [0, 0.1) is 5.41 Å². The Morgan fingerprint density at radius 2 is 1.96 bits per heavy atom. The zero-order valence-electron chi connectivity index (χ0n) is 12.6. The maximum Gasteiger partial charge on any atom is 0.323 e. The predicted octanol–water partition coefficient (Wildman–Crippen LogP) is -4.27. The fraction of sp³-hybridized carbons (Fsp3) is 0.750. The van der Waals surface area contributed by atoms with Gasteiger partial charge in [-0.25, -0.2) is 0 Å². The Balaban J connectivity index is 4.57. The summed E-state index contributed by atoms with van der Waals surface area (Å²) in [5, 5.41) is 37.4. The number of guanidine groups is 1. The van der Waals surface area contributed by atoms with Crippen molar-refractivity contribution in [1.29, 1.82) is 5.41 Å². The molecule has 11 heteroatoms. The standard InChI is InChI=1S/C12H25N5O6/c13-6(2-1-3-17-12(15)16)11(22)23-10(7(14)4-18)9(21)8(20)5-19/h4,6-10,19-21H,1-3,5,13-14H2,(H4,15,16,17)/t6-,7-,8+,9+,10+/m0/s1. The van der Waals surface area contributed by atoms with Crippen LogP contribution in [0.4, 0.5) is 0 Å². The minimum atomic E-state index is -1.74. The van der Waals surface area contributed by atoms with Gasteiger partial charge in [0.05, 0.1) is 6.61 Å². The zero-order chi connectivity index (χ0) is 18.0. The van der Waals surface area contributed by atoms with Crippen LogP contribution in [0.2, 0.25) is 0 Å². The summed E-state index contributed by atoms with van der Waals surface area (Å²) in [5.74, 6) is -1.13. The first-order chi connectivity index (χ1) is 10.7. The number of carbonyl (C=O) groups excluding carboxylic acids is 2. The van der Waals surface area contributed by atoms with E-state index in [1.54, 1.807) is 0 Å². The van der Waals surface area contributed by atoms with Crippen molar-refractivity contribution in [3.8, 4) is 0 Å². The molecule has 0 radical (unpaired) electrons. The van der Waals surface area contributed by atoms with Gasteiger partial charge in [-0.2, -0.15) is 0 Å². The third-order valence-electron chi connectivity index (χ3n) is 3.02. The number of nitrogens with one attached hydrogen (secondary N) is 2. The monoisotopic (exact) mass is 335 g/mol. The quantitative estimate of drug-likeness (QED) is 0.0597. The number of hydrogen-bond acceptors (Lipinski definition) is 9. The number of ether oxygens (including phenoxy) is 1. The molecule has 11 N–H and O–H groups in total. The number of aliphatic hydroxyl groups is 3. The minimum absolute atomic E-state index is 0.195. The van der Waals surface area contributed by atoms with Crippen LogP contribution in [-0.4, -0.2) is 77.1 Å². The largest absolute Gasteiger partial charge is 0.456 e. The molecule has 0 unspecified atom stereocenters. The fourth-order valence-corrected chi connectivity index (χ4v) is 1.66. The van der Waals surface area contributed by atoms with Gasteiger partial charge in [0, 0.05) is 6.54 Å². The topological polar surface area (TPSA) is 218 Å². The Morgan fingerprint density at radius 3 is 2.43 bits per heavy atom. The van der Waals surface area contributed by atoms with Gasteiger partial charge in [-0.05, 0) is 12.8 Å². The fourth-order valence-electron chi connectivity index (χ4n) is 1.66. The van der Waals surface area contributed by atoms with Crippen molar-refractivity contribution < 1.29 is 29.6 Å². The Bertz CT molecular complexity index is 396. The van der Waals surface area contributed by atoms with Gasteiger partial charge in [0.1, 0.15) is 30.6 Å². The van der Waals surface area contributed by atoms with Crippen LogP contribution in [0.5, 0.6) is 0 Å². The predicted molar refractivity (Wildman–Crippen MR) is 80.1 cm³/mol. The number of esters is 1. The summed E-state index contributed by atoms with van der Waals surface area (Å²) in [4.78, 5) is 22.6. The first kappa shape index (κ1) is 21.2. The van der Waals surface area contributed by atoms with Crippen LogP contribution < -0.4 is 22.5 Å². The van der Waals surface area contributed by atoms with E-state index in [0.717, 1.165) is 0 Å². The molecule has 0 heterocycles. The smallest absolute Gasteiger partial charge is 0.323 e. The van der Waals surface area contributed by atoms with Crippen LogP contribution in [0.3, 0.4) is 0 Å². The second-order valence-electron chi connectivity index (χ2n) is 4.94. The Labute approximate surface area is 133 Å². The van der Waals surface area contributed by atoms with E-state index >= 15 is 0 Å². The maximum atomic E-state index is 11.9. The second-order valence-corrected chi connectivity index (χ2v) is 4.94. The van der Waals surface area contributed by atoms with E-state index in [4.69, 9.17) is 32.5 Å². The summed E-state index contributed by atoms with van der Waals surface area (Å²) in [7, 11) is 0. The number of nitrogens with two attached hydrogens (primary N) is 3. The lowest BCUT2D eigenvalue weighted by molar-refractivity contribution is -0.165. The first-order valence-electron chi connectivity index (χ1n) is 6.96. The number of rotatable bonds is 11. The molecule has 0 rings (SSSR count). The van der Waals surface area contributed by atoms with Crippen molar-refractivity contribution in [2.24, 2.45) is 17.2 Å². The van der Waals surface area contributed by atoms with E-state index in [9.17, 15) is 19.8 Å². The molecule has 0 fully saturated rings. The average molecular weight is 335 g/mol. The third-order valence-corrected chi connectivity index (χ3v) is 3.02. The normalized spacial score (nSPS) is 17.4. The second kappa shape index (κ2) is 10.9. The first-order valence-corrected chi connectivity index (χ1v) is 6.96. The molecule has 0 aliphatic rings. The van der Waals surface area contributed by atoms with Gasteiger partial charge in [-0.3, -0.25) is 10.2 Å². The van der Waals surface area contributed by atoms with Crippen LogP contribution in [-0.2, 0) is 14.3 Å². The van der Waals surface area contributed by atoms with Gasteiger partial charge >= 0.3 is 5.97 Å². The van der Waals surface area contributed by atoms with Crippen molar-refractivity contribution in [3.63, 3.8) is 0 Å². The van der Waals surface area contributed by atoms with Crippen LogP contribution in [0.1, 0.15) is 12.8 Å². The van der Waals surface area contributed by atoms with E-state index in [2.05, 4.69) is 5.32 Å². The lowest BCUT2D eigenvalue weighted by Crippen LogP contribution is -2.53. The molecule has 0 aromatic rings. The Morgan fingerprint density at radius 1 is 1.35 bits per heavy atom. The molecule has 0 spiro atoms. The summed E-state index contributed by atoms with van der Waals surface area (Å²) >= 11 is 0. The highest BCUT2D eigenvalue weighted by molar-refractivity contribution is 5.76. The van der Waals surface area contributed by atoms with Crippen molar-refractivity contribution in [3.05, 3.63) is 0 Å². The van der Waals surface area contributed by atoms with E-state index in [0.29, 0.717) is 13.0 Å².